The van der Waals surface area contributed by atoms with Crippen LogP contribution in [0.15, 0.2) is 18.2 Å². The minimum atomic E-state index is -0.425. The Bertz CT molecular complexity index is 521. The summed E-state index contributed by atoms with van der Waals surface area (Å²) in [5.74, 6) is 0.213. The van der Waals surface area contributed by atoms with Gasteiger partial charge in [-0.15, -0.1) is 5.10 Å². The Hall–Kier alpha value is -1.95. The molecule has 0 atom stereocenters. The number of ether oxygens (including phenoxy) is 1. The van der Waals surface area contributed by atoms with Crippen LogP contribution in [0.2, 0.25) is 0 Å². The van der Waals surface area contributed by atoms with Crippen molar-refractivity contribution in [3.63, 3.8) is 0 Å². The van der Waals surface area contributed by atoms with Gasteiger partial charge in [0.1, 0.15) is 0 Å². The maximum atomic E-state index is 11.5. The number of methoxy groups -OCH3 is 1. The fourth-order valence-electron chi connectivity index (χ4n) is 1.44. The molecule has 0 radical (unpaired) electrons. The van der Waals surface area contributed by atoms with Gasteiger partial charge in [-0.3, -0.25) is 0 Å². The lowest BCUT2D eigenvalue weighted by Crippen LogP contribution is -2.10. The third-order valence-corrected chi connectivity index (χ3v) is 2.13. The first-order chi connectivity index (χ1) is 7.76. The van der Waals surface area contributed by atoms with E-state index in [1.165, 1.54) is 11.6 Å². The molecule has 16 heavy (non-hydrogen) atoms. The van der Waals surface area contributed by atoms with E-state index in [1.54, 1.807) is 18.2 Å². The first-order valence-corrected chi connectivity index (χ1v) is 4.84. The molecule has 2 aromatic rings. The number of fused-ring (bicyclic) bond motifs is 1. The van der Waals surface area contributed by atoms with Gasteiger partial charge in [0.2, 0.25) is 0 Å². The lowest BCUT2D eigenvalue weighted by molar-refractivity contribution is 0.0591. The van der Waals surface area contributed by atoms with E-state index in [4.69, 9.17) is 0 Å². The van der Waals surface area contributed by atoms with Gasteiger partial charge in [0, 0.05) is 0 Å². The highest BCUT2D eigenvalue weighted by atomic mass is 16.5. The lowest BCUT2D eigenvalue weighted by Gasteiger charge is -2.00. The molecule has 2 aromatic heterocycles. The minimum Gasteiger partial charge on any atom is -0.464 e. The SMILES string of the molecule is CNCc1nc2cccc(C(=O)OC)n2n1. The van der Waals surface area contributed by atoms with Gasteiger partial charge in [-0.2, -0.15) is 0 Å². The topological polar surface area (TPSA) is 68.5 Å². The molecule has 0 aliphatic rings. The van der Waals surface area contributed by atoms with Crippen molar-refractivity contribution in [2.75, 3.05) is 14.2 Å². The number of nitrogens with zero attached hydrogens (tertiary/aromatic N) is 3. The number of esters is 1. The van der Waals surface area contributed by atoms with Crippen LogP contribution in [0.4, 0.5) is 0 Å². The fourth-order valence-corrected chi connectivity index (χ4v) is 1.44. The average molecular weight is 220 g/mol. The largest absolute Gasteiger partial charge is 0.464 e. The Morgan fingerprint density at radius 3 is 3.06 bits per heavy atom. The van der Waals surface area contributed by atoms with Gasteiger partial charge in [0.15, 0.2) is 17.2 Å². The number of aromatic nitrogens is 3. The number of carbonyl (C=O) groups excluding carboxylic acids is 1. The fraction of sp³-hybridized carbons (Fsp3) is 0.300. The summed E-state index contributed by atoms with van der Waals surface area (Å²) in [6.45, 7) is 0.558. The van der Waals surface area contributed by atoms with Crippen LogP contribution >= 0.6 is 0 Å². The summed E-state index contributed by atoms with van der Waals surface area (Å²) < 4.78 is 6.16. The Kier molecular flexibility index (Phi) is 2.82. The predicted octanol–water partition coefficient (Wildman–Crippen LogP) is 0.235. The Labute approximate surface area is 92.2 Å². The number of nitrogens with one attached hydrogen (secondary N) is 1. The molecule has 0 saturated heterocycles. The smallest absolute Gasteiger partial charge is 0.356 e. The summed E-state index contributed by atoms with van der Waals surface area (Å²) in [4.78, 5) is 15.7. The van der Waals surface area contributed by atoms with E-state index in [9.17, 15) is 4.79 Å². The van der Waals surface area contributed by atoms with Crippen molar-refractivity contribution < 1.29 is 9.53 Å². The van der Waals surface area contributed by atoms with Crippen LogP contribution in [-0.4, -0.2) is 34.7 Å². The third-order valence-electron chi connectivity index (χ3n) is 2.13. The zero-order valence-corrected chi connectivity index (χ0v) is 9.10. The van der Waals surface area contributed by atoms with Crippen LogP contribution in [0.1, 0.15) is 16.3 Å². The number of hydrogen-bond acceptors (Lipinski definition) is 5. The third kappa shape index (κ3) is 1.74. The molecule has 0 saturated carbocycles. The van der Waals surface area contributed by atoms with Crippen molar-refractivity contribution in [3.05, 3.63) is 29.7 Å². The number of hydrogen-bond donors (Lipinski definition) is 1. The summed E-state index contributed by atoms with van der Waals surface area (Å²) >= 11 is 0. The van der Waals surface area contributed by atoms with E-state index in [-0.39, 0.29) is 0 Å². The second kappa shape index (κ2) is 4.28. The second-order valence-corrected chi connectivity index (χ2v) is 3.23. The first kappa shape index (κ1) is 10.6. The van der Waals surface area contributed by atoms with Gasteiger partial charge in [-0.1, -0.05) is 6.07 Å². The number of carbonyl (C=O) groups is 1. The summed E-state index contributed by atoms with van der Waals surface area (Å²) in [7, 11) is 3.15. The maximum absolute atomic E-state index is 11.5. The molecule has 0 amide bonds. The van der Waals surface area contributed by atoms with E-state index >= 15 is 0 Å². The van der Waals surface area contributed by atoms with Gasteiger partial charge in [0.05, 0.1) is 13.7 Å². The van der Waals surface area contributed by atoms with E-state index in [0.29, 0.717) is 23.7 Å². The molecule has 84 valence electrons. The van der Waals surface area contributed by atoms with Crippen LogP contribution < -0.4 is 5.32 Å². The Balaban J connectivity index is 2.54. The van der Waals surface area contributed by atoms with Crippen molar-refractivity contribution in [1.29, 1.82) is 0 Å². The van der Waals surface area contributed by atoms with Crippen molar-refractivity contribution in [2.24, 2.45) is 0 Å². The summed E-state index contributed by atoms with van der Waals surface area (Å²) in [5, 5.41) is 7.17. The van der Waals surface area contributed by atoms with Crippen LogP contribution in [0.3, 0.4) is 0 Å². The Morgan fingerprint density at radius 1 is 1.56 bits per heavy atom. The highest BCUT2D eigenvalue weighted by Gasteiger charge is 2.12. The number of pyridine rings is 1. The van der Waals surface area contributed by atoms with Crippen LogP contribution in [0, 0.1) is 0 Å². The van der Waals surface area contributed by atoms with Crippen LogP contribution in [0.5, 0.6) is 0 Å². The molecule has 6 nitrogen and oxygen atoms in total. The van der Waals surface area contributed by atoms with E-state index in [2.05, 4.69) is 20.1 Å². The molecule has 0 aromatic carbocycles. The van der Waals surface area contributed by atoms with Gasteiger partial charge in [0.25, 0.3) is 0 Å². The van der Waals surface area contributed by atoms with Gasteiger partial charge in [-0.25, -0.2) is 14.3 Å². The van der Waals surface area contributed by atoms with E-state index in [1.807, 2.05) is 7.05 Å². The molecule has 0 unspecified atom stereocenters. The quantitative estimate of drug-likeness (QED) is 0.750. The highest BCUT2D eigenvalue weighted by molar-refractivity contribution is 5.88. The molecule has 1 N–H and O–H groups in total. The van der Waals surface area contributed by atoms with Crippen molar-refractivity contribution in [2.45, 2.75) is 6.54 Å². The van der Waals surface area contributed by atoms with E-state index in [0.717, 1.165) is 0 Å². The molecule has 0 aliphatic carbocycles. The summed E-state index contributed by atoms with van der Waals surface area (Å²) in [5.41, 5.74) is 1.00. The molecular formula is C10H12N4O2. The normalized spacial score (nSPS) is 10.6. The average Bonchev–Trinajstić information content (AvgIpc) is 2.70. The predicted molar refractivity (Wildman–Crippen MR) is 57.1 cm³/mol. The molecule has 0 bridgehead atoms. The van der Waals surface area contributed by atoms with Gasteiger partial charge < -0.3 is 10.1 Å². The maximum Gasteiger partial charge on any atom is 0.356 e. The van der Waals surface area contributed by atoms with Crippen LogP contribution in [0.25, 0.3) is 5.65 Å². The molecule has 6 heteroatoms. The molecular weight excluding hydrogens is 208 g/mol. The number of rotatable bonds is 3. The zero-order valence-electron chi connectivity index (χ0n) is 9.10. The second-order valence-electron chi connectivity index (χ2n) is 3.23. The molecule has 2 rings (SSSR count). The van der Waals surface area contributed by atoms with Crippen molar-refractivity contribution >= 4 is 11.6 Å². The molecule has 0 spiro atoms. The van der Waals surface area contributed by atoms with E-state index < -0.39 is 5.97 Å². The Morgan fingerprint density at radius 2 is 2.38 bits per heavy atom. The monoisotopic (exact) mass is 220 g/mol. The molecule has 2 heterocycles. The molecule has 0 fully saturated rings. The zero-order chi connectivity index (χ0) is 11.5. The van der Waals surface area contributed by atoms with Crippen molar-refractivity contribution in [1.82, 2.24) is 19.9 Å². The van der Waals surface area contributed by atoms with Crippen molar-refractivity contribution in [3.8, 4) is 0 Å². The minimum absolute atomic E-state index is 0.370. The first-order valence-electron chi connectivity index (χ1n) is 4.84. The standard InChI is InChI=1S/C10H12N4O2/c1-11-6-8-12-9-5-3-4-7(10(15)16-2)14(9)13-8/h3-5,11H,6H2,1-2H3. The summed E-state index contributed by atoms with van der Waals surface area (Å²) in [6, 6.07) is 5.19. The molecule has 0 aliphatic heterocycles. The van der Waals surface area contributed by atoms with Gasteiger partial charge in [-0.05, 0) is 19.2 Å². The highest BCUT2D eigenvalue weighted by Crippen LogP contribution is 2.07. The summed E-state index contributed by atoms with van der Waals surface area (Å²) in [6.07, 6.45) is 0. The van der Waals surface area contributed by atoms with Crippen LogP contribution in [-0.2, 0) is 11.3 Å². The van der Waals surface area contributed by atoms with Gasteiger partial charge >= 0.3 is 5.97 Å². The lowest BCUT2D eigenvalue weighted by atomic mass is 10.3.